The van der Waals surface area contributed by atoms with Crippen molar-refractivity contribution in [2.24, 2.45) is 5.92 Å². The van der Waals surface area contributed by atoms with Gasteiger partial charge in [0, 0.05) is 0 Å². The van der Waals surface area contributed by atoms with Crippen LogP contribution in [0.2, 0.25) is 0 Å². The van der Waals surface area contributed by atoms with Crippen molar-refractivity contribution in [1.29, 1.82) is 0 Å². The third-order valence-corrected chi connectivity index (χ3v) is 3.49. The van der Waals surface area contributed by atoms with Crippen molar-refractivity contribution in [2.45, 2.75) is 18.8 Å². The summed E-state index contributed by atoms with van der Waals surface area (Å²) in [4.78, 5) is 0. The number of benzene rings is 1. The molecule has 0 spiro atoms. The summed E-state index contributed by atoms with van der Waals surface area (Å²) < 4.78 is 18.5. The maximum Gasteiger partial charge on any atom is 0.165 e. The van der Waals surface area contributed by atoms with Crippen LogP contribution in [0, 0.1) is 11.7 Å². The topological polar surface area (TPSA) is 21.3 Å². The van der Waals surface area contributed by atoms with Gasteiger partial charge in [0.15, 0.2) is 11.6 Å². The van der Waals surface area contributed by atoms with E-state index >= 15 is 0 Å². The molecule has 1 N–H and O–H groups in total. The number of nitrogens with one attached hydrogen (secondary N) is 1. The van der Waals surface area contributed by atoms with Gasteiger partial charge in [0.1, 0.15) is 0 Å². The Morgan fingerprint density at radius 1 is 1.44 bits per heavy atom. The van der Waals surface area contributed by atoms with Gasteiger partial charge in [0.05, 0.1) is 7.11 Å². The fourth-order valence-corrected chi connectivity index (χ4v) is 2.43. The van der Waals surface area contributed by atoms with Crippen LogP contribution >= 0.6 is 0 Å². The molecular formula is C13H18FNO. The molecule has 88 valence electrons. The average molecular weight is 223 g/mol. The molecule has 3 heteroatoms. The van der Waals surface area contributed by atoms with E-state index in [-0.39, 0.29) is 5.82 Å². The van der Waals surface area contributed by atoms with E-state index in [1.54, 1.807) is 12.1 Å². The molecule has 0 radical (unpaired) electrons. The van der Waals surface area contributed by atoms with Crippen LogP contribution in [-0.4, -0.2) is 20.7 Å². The average Bonchev–Trinajstić information content (AvgIpc) is 2.25. The van der Waals surface area contributed by atoms with Gasteiger partial charge >= 0.3 is 0 Å². The van der Waals surface area contributed by atoms with Crippen molar-refractivity contribution in [3.05, 3.63) is 29.6 Å². The van der Waals surface area contributed by atoms with Crippen LogP contribution < -0.4 is 10.1 Å². The fourth-order valence-electron chi connectivity index (χ4n) is 2.43. The van der Waals surface area contributed by atoms with Crippen molar-refractivity contribution >= 4 is 0 Å². The minimum atomic E-state index is -0.255. The molecule has 0 heterocycles. The Bertz CT molecular complexity index is 367. The highest BCUT2D eigenvalue weighted by molar-refractivity contribution is 5.32. The van der Waals surface area contributed by atoms with Crippen LogP contribution in [0.5, 0.6) is 5.75 Å². The Morgan fingerprint density at radius 3 is 2.75 bits per heavy atom. The Balaban J connectivity index is 2.12. The van der Waals surface area contributed by atoms with Gasteiger partial charge in [-0.1, -0.05) is 6.07 Å². The number of rotatable bonds is 4. The normalized spacial score (nSPS) is 23.9. The summed E-state index contributed by atoms with van der Waals surface area (Å²) in [7, 11) is 3.45. The second kappa shape index (κ2) is 4.83. The first-order valence-electron chi connectivity index (χ1n) is 5.74. The molecule has 1 aliphatic rings. The molecular weight excluding hydrogens is 205 g/mol. The van der Waals surface area contributed by atoms with Crippen molar-refractivity contribution < 1.29 is 9.13 Å². The molecule has 2 unspecified atom stereocenters. The first-order valence-corrected chi connectivity index (χ1v) is 5.74. The molecule has 2 nitrogen and oxygen atoms in total. The van der Waals surface area contributed by atoms with Crippen molar-refractivity contribution in [3.63, 3.8) is 0 Å². The highest BCUT2D eigenvalue weighted by atomic mass is 19.1. The second-order valence-corrected chi connectivity index (χ2v) is 4.40. The predicted octanol–water partition coefficient (Wildman–Crippen LogP) is 2.55. The van der Waals surface area contributed by atoms with Gasteiger partial charge in [-0.15, -0.1) is 0 Å². The van der Waals surface area contributed by atoms with Crippen LogP contribution in [-0.2, 0) is 0 Å². The van der Waals surface area contributed by atoms with E-state index in [0.29, 0.717) is 17.6 Å². The monoisotopic (exact) mass is 223 g/mol. The number of methoxy groups -OCH3 is 1. The summed E-state index contributed by atoms with van der Waals surface area (Å²) in [5, 5.41) is 3.19. The third kappa shape index (κ3) is 2.05. The van der Waals surface area contributed by atoms with Crippen LogP contribution in [0.15, 0.2) is 18.2 Å². The van der Waals surface area contributed by atoms with Crippen molar-refractivity contribution in [1.82, 2.24) is 5.32 Å². The summed E-state index contributed by atoms with van der Waals surface area (Å²) in [5.41, 5.74) is 1.10. The molecule has 2 atom stereocenters. The Hall–Kier alpha value is -1.09. The highest BCUT2D eigenvalue weighted by Gasteiger charge is 2.31. The molecule has 0 aliphatic heterocycles. The summed E-state index contributed by atoms with van der Waals surface area (Å²) in [6.07, 6.45) is 2.40. The largest absolute Gasteiger partial charge is 0.494 e. The van der Waals surface area contributed by atoms with E-state index in [9.17, 15) is 4.39 Å². The molecule has 0 amide bonds. The molecule has 0 saturated heterocycles. The Morgan fingerprint density at radius 2 is 2.25 bits per heavy atom. The smallest absolute Gasteiger partial charge is 0.165 e. The van der Waals surface area contributed by atoms with Gasteiger partial charge in [-0.05, 0) is 56.0 Å². The molecule has 1 aromatic carbocycles. The van der Waals surface area contributed by atoms with Gasteiger partial charge < -0.3 is 10.1 Å². The lowest BCUT2D eigenvalue weighted by Crippen LogP contribution is -2.32. The molecule has 1 fully saturated rings. The van der Waals surface area contributed by atoms with Gasteiger partial charge in [0.25, 0.3) is 0 Å². The van der Waals surface area contributed by atoms with Gasteiger partial charge in [0.2, 0.25) is 0 Å². The van der Waals surface area contributed by atoms with Crippen molar-refractivity contribution in [3.8, 4) is 5.75 Å². The van der Waals surface area contributed by atoms with Gasteiger partial charge in [-0.25, -0.2) is 4.39 Å². The number of hydrogen-bond acceptors (Lipinski definition) is 2. The summed E-state index contributed by atoms with van der Waals surface area (Å²) in [6.45, 7) is 1.01. The van der Waals surface area contributed by atoms with E-state index in [2.05, 4.69) is 5.32 Å². The molecule has 1 aromatic rings. The predicted molar refractivity (Wildman–Crippen MR) is 62.3 cm³/mol. The van der Waals surface area contributed by atoms with Crippen LogP contribution in [0.4, 0.5) is 4.39 Å². The second-order valence-electron chi connectivity index (χ2n) is 4.40. The first-order chi connectivity index (χ1) is 7.76. The zero-order valence-electron chi connectivity index (χ0n) is 9.79. The van der Waals surface area contributed by atoms with Crippen LogP contribution in [0.1, 0.15) is 24.3 Å². The number of ether oxygens (including phenoxy) is 1. The van der Waals surface area contributed by atoms with E-state index in [1.807, 2.05) is 13.1 Å². The van der Waals surface area contributed by atoms with Crippen molar-refractivity contribution in [2.75, 3.05) is 20.7 Å². The van der Waals surface area contributed by atoms with E-state index in [0.717, 1.165) is 18.5 Å². The Labute approximate surface area is 95.8 Å². The minimum absolute atomic E-state index is 0.255. The zero-order valence-corrected chi connectivity index (χ0v) is 9.79. The standard InChI is InChI=1S/C13H18FNO/c1-15-8-10-3-5-11(10)9-4-6-13(16-2)12(14)7-9/h4,6-7,10-11,15H,3,5,8H2,1-2H3. The molecule has 0 bridgehead atoms. The van der Waals surface area contributed by atoms with Gasteiger partial charge in [-0.3, -0.25) is 0 Å². The minimum Gasteiger partial charge on any atom is -0.494 e. The number of halogens is 1. The quantitative estimate of drug-likeness (QED) is 0.847. The lowest BCUT2D eigenvalue weighted by Gasteiger charge is -2.37. The van der Waals surface area contributed by atoms with E-state index in [1.165, 1.54) is 13.5 Å². The maximum atomic E-state index is 13.5. The fraction of sp³-hybridized carbons (Fsp3) is 0.538. The van der Waals surface area contributed by atoms with Crippen LogP contribution in [0.3, 0.4) is 0 Å². The molecule has 1 saturated carbocycles. The van der Waals surface area contributed by atoms with E-state index in [4.69, 9.17) is 4.74 Å². The molecule has 2 rings (SSSR count). The van der Waals surface area contributed by atoms with E-state index < -0.39 is 0 Å². The summed E-state index contributed by atoms with van der Waals surface area (Å²) >= 11 is 0. The lowest BCUT2D eigenvalue weighted by atomic mass is 9.70. The highest BCUT2D eigenvalue weighted by Crippen LogP contribution is 2.42. The zero-order chi connectivity index (χ0) is 11.5. The molecule has 16 heavy (non-hydrogen) atoms. The summed E-state index contributed by atoms with van der Waals surface area (Å²) in [5.74, 6) is 1.23. The SMILES string of the molecule is CNCC1CCC1c1ccc(OC)c(F)c1. The molecule has 1 aliphatic carbocycles. The summed E-state index contributed by atoms with van der Waals surface area (Å²) in [6, 6.07) is 5.32. The number of hydrogen-bond donors (Lipinski definition) is 1. The molecule has 0 aromatic heterocycles. The Kier molecular flexibility index (Phi) is 3.44. The van der Waals surface area contributed by atoms with Crippen LogP contribution in [0.25, 0.3) is 0 Å². The first kappa shape index (κ1) is 11.4. The van der Waals surface area contributed by atoms with Gasteiger partial charge in [-0.2, -0.15) is 0 Å². The third-order valence-electron chi connectivity index (χ3n) is 3.49. The lowest BCUT2D eigenvalue weighted by molar-refractivity contribution is 0.250. The maximum absolute atomic E-state index is 13.5.